The minimum absolute atomic E-state index is 0.00419. The molecular weight excluding hydrogens is 356 g/mol. The van der Waals surface area contributed by atoms with Crippen LogP contribution < -0.4 is 10.5 Å². The van der Waals surface area contributed by atoms with E-state index in [2.05, 4.69) is 0 Å². The zero-order valence-corrected chi connectivity index (χ0v) is 18.5. The summed E-state index contributed by atoms with van der Waals surface area (Å²) in [6, 6.07) is 7.12. The first-order valence-corrected chi connectivity index (χ1v) is 10.1. The van der Waals surface area contributed by atoms with Crippen LogP contribution >= 0.6 is 0 Å². The summed E-state index contributed by atoms with van der Waals surface area (Å²) in [6.07, 6.45) is 0.0218. The summed E-state index contributed by atoms with van der Waals surface area (Å²) in [5.41, 5.74) is 7.00. The lowest BCUT2D eigenvalue weighted by Gasteiger charge is -2.32. The summed E-state index contributed by atoms with van der Waals surface area (Å²) in [5.74, 6) is 0.700. The van der Waals surface area contributed by atoms with E-state index >= 15 is 0 Å². The normalized spacial score (nSPS) is 13.1. The molecule has 0 aromatic heterocycles. The van der Waals surface area contributed by atoms with Gasteiger partial charge < -0.3 is 24.8 Å². The standard InChI is InChI=1S/C22H38N2O4/c1-8-26-20(27-9-2)15-24(16(3)4)21(25)19(23)14-17-10-12-18(13-11-17)28-22(5,6)7/h10-13,16,19-20H,8-9,14-15,23H2,1-7H3/t19-/m0/s1. The highest BCUT2D eigenvalue weighted by molar-refractivity contribution is 5.82. The smallest absolute Gasteiger partial charge is 0.240 e. The quantitative estimate of drug-likeness (QED) is 0.583. The third-order valence-corrected chi connectivity index (χ3v) is 4.08. The van der Waals surface area contributed by atoms with Crippen LogP contribution in [-0.2, 0) is 20.7 Å². The van der Waals surface area contributed by atoms with Crippen LogP contribution in [0.3, 0.4) is 0 Å². The first-order chi connectivity index (χ1) is 13.1. The molecule has 6 nitrogen and oxygen atoms in total. The molecule has 2 N–H and O–H groups in total. The molecule has 28 heavy (non-hydrogen) atoms. The van der Waals surface area contributed by atoms with Crippen molar-refractivity contribution in [2.75, 3.05) is 19.8 Å². The maximum atomic E-state index is 13.0. The lowest BCUT2D eigenvalue weighted by molar-refractivity contribution is -0.162. The molecule has 0 saturated carbocycles. The van der Waals surface area contributed by atoms with Gasteiger partial charge in [-0.25, -0.2) is 0 Å². The molecule has 0 bridgehead atoms. The molecule has 1 aromatic rings. The minimum Gasteiger partial charge on any atom is -0.488 e. The van der Waals surface area contributed by atoms with Crippen molar-refractivity contribution in [1.29, 1.82) is 0 Å². The Kier molecular flexibility index (Phi) is 9.93. The first-order valence-electron chi connectivity index (χ1n) is 10.1. The van der Waals surface area contributed by atoms with Crippen molar-refractivity contribution in [3.05, 3.63) is 29.8 Å². The number of nitrogens with zero attached hydrogens (tertiary/aromatic N) is 1. The molecule has 160 valence electrons. The van der Waals surface area contributed by atoms with Gasteiger partial charge >= 0.3 is 0 Å². The van der Waals surface area contributed by atoms with E-state index in [1.165, 1.54) is 0 Å². The van der Waals surface area contributed by atoms with Crippen LogP contribution in [0.2, 0.25) is 0 Å². The minimum atomic E-state index is -0.624. The summed E-state index contributed by atoms with van der Waals surface area (Å²) in [7, 11) is 0. The van der Waals surface area contributed by atoms with Crippen molar-refractivity contribution >= 4 is 5.91 Å². The van der Waals surface area contributed by atoms with Gasteiger partial charge in [0.2, 0.25) is 5.91 Å². The van der Waals surface area contributed by atoms with Gasteiger partial charge in [0.1, 0.15) is 11.4 Å². The summed E-state index contributed by atoms with van der Waals surface area (Å²) in [4.78, 5) is 14.7. The summed E-state index contributed by atoms with van der Waals surface area (Å²) >= 11 is 0. The molecule has 1 amide bonds. The number of nitrogens with two attached hydrogens (primary N) is 1. The maximum Gasteiger partial charge on any atom is 0.240 e. The van der Waals surface area contributed by atoms with E-state index in [-0.39, 0.29) is 17.6 Å². The maximum absolute atomic E-state index is 13.0. The topological polar surface area (TPSA) is 74.0 Å². The first kappa shape index (κ1) is 24.4. The van der Waals surface area contributed by atoms with Crippen molar-refractivity contribution in [1.82, 2.24) is 4.90 Å². The Morgan fingerprint density at radius 3 is 2.04 bits per heavy atom. The van der Waals surface area contributed by atoms with Gasteiger partial charge in [-0.05, 0) is 72.6 Å². The molecule has 6 heteroatoms. The third-order valence-electron chi connectivity index (χ3n) is 4.08. The molecule has 1 aromatic carbocycles. The zero-order chi connectivity index (χ0) is 21.3. The van der Waals surface area contributed by atoms with Crippen molar-refractivity contribution in [2.24, 2.45) is 5.73 Å². The number of ether oxygens (including phenoxy) is 3. The van der Waals surface area contributed by atoms with E-state index < -0.39 is 12.3 Å². The van der Waals surface area contributed by atoms with Crippen LogP contribution in [0.25, 0.3) is 0 Å². The number of carbonyl (C=O) groups excluding carboxylic acids is 1. The molecule has 0 unspecified atom stereocenters. The molecular formula is C22H38N2O4. The molecule has 0 spiro atoms. The average molecular weight is 395 g/mol. The molecule has 0 fully saturated rings. The van der Waals surface area contributed by atoms with E-state index in [0.717, 1.165) is 11.3 Å². The number of amides is 1. The number of carbonyl (C=O) groups is 1. The van der Waals surface area contributed by atoms with E-state index in [4.69, 9.17) is 19.9 Å². The molecule has 1 atom stereocenters. The number of hydrogen-bond acceptors (Lipinski definition) is 5. The van der Waals surface area contributed by atoms with Crippen LogP contribution in [0.1, 0.15) is 54.0 Å². The van der Waals surface area contributed by atoms with E-state index in [1.807, 2.05) is 72.7 Å². The Labute approximate surface area is 170 Å². The monoisotopic (exact) mass is 394 g/mol. The SMILES string of the molecule is CCOC(CN(C(=O)[C@@H](N)Cc1ccc(OC(C)(C)C)cc1)C(C)C)OCC. The highest BCUT2D eigenvalue weighted by atomic mass is 16.7. The largest absolute Gasteiger partial charge is 0.488 e. The predicted molar refractivity (Wildman–Crippen MR) is 112 cm³/mol. The van der Waals surface area contributed by atoms with Crippen LogP contribution in [-0.4, -0.2) is 54.5 Å². The Morgan fingerprint density at radius 1 is 1.07 bits per heavy atom. The predicted octanol–water partition coefficient (Wildman–Crippen LogP) is 3.37. The van der Waals surface area contributed by atoms with Gasteiger partial charge in [0, 0.05) is 19.3 Å². The Balaban J connectivity index is 2.76. The lowest BCUT2D eigenvalue weighted by Crippen LogP contribution is -2.51. The Morgan fingerprint density at radius 2 is 1.61 bits per heavy atom. The van der Waals surface area contributed by atoms with Crippen LogP contribution in [0.15, 0.2) is 24.3 Å². The van der Waals surface area contributed by atoms with E-state index in [0.29, 0.717) is 26.2 Å². The molecule has 0 aliphatic carbocycles. The second-order valence-electron chi connectivity index (χ2n) is 8.09. The van der Waals surface area contributed by atoms with Crippen molar-refractivity contribution in [3.8, 4) is 5.75 Å². The summed E-state index contributed by atoms with van der Waals surface area (Å²) in [6.45, 7) is 15.2. The zero-order valence-electron chi connectivity index (χ0n) is 18.5. The van der Waals surface area contributed by atoms with Crippen LogP contribution in [0, 0.1) is 0 Å². The van der Waals surface area contributed by atoms with Crippen LogP contribution in [0.5, 0.6) is 5.75 Å². The molecule has 0 aliphatic heterocycles. The fraction of sp³-hybridized carbons (Fsp3) is 0.682. The van der Waals surface area contributed by atoms with Gasteiger partial charge in [0.05, 0.1) is 12.6 Å². The van der Waals surface area contributed by atoms with Gasteiger partial charge in [-0.1, -0.05) is 12.1 Å². The van der Waals surface area contributed by atoms with Crippen molar-refractivity contribution < 1.29 is 19.0 Å². The highest BCUT2D eigenvalue weighted by Gasteiger charge is 2.26. The van der Waals surface area contributed by atoms with E-state index in [1.54, 1.807) is 4.90 Å². The highest BCUT2D eigenvalue weighted by Crippen LogP contribution is 2.19. The molecule has 0 radical (unpaired) electrons. The van der Waals surface area contributed by atoms with Gasteiger partial charge in [0.25, 0.3) is 0 Å². The lowest BCUT2D eigenvalue weighted by atomic mass is 10.0. The third kappa shape index (κ3) is 8.59. The Hall–Kier alpha value is -1.63. The molecule has 0 heterocycles. The second kappa shape index (κ2) is 11.4. The van der Waals surface area contributed by atoms with Gasteiger partial charge in [-0.3, -0.25) is 4.79 Å². The average Bonchev–Trinajstić information content (AvgIpc) is 2.59. The van der Waals surface area contributed by atoms with Crippen molar-refractivity contribution in [3.63, 3.8) is 0 Å². The van der Waals surface area contributed by atoms with Gasteiger partial charge in [0.15, 0.2) is 6.29 Å². The molecule has 0 aliphatic rings. The number of rotatable bonds is 11. The summed E-state index contributed by atoms with van der Waals surface area (Å²) < 4.78 is 17.0. The fourth-order valence-electron chi connectivity index (χ4n) is 2.84. The van der Waals surface area contributed by atoms with Crippen molar-refractivity contribution in [2.45, 2.75) is 78.9 Å². The molecule has 1 rings (SSSR count). The summed E-state index contributed by atoms with van der Waals surface area (Å²) in [5, 5.41) is 0. The van der Waals surface area contributed by atoms with Crippen LogP contribution in [0.4, 0.5) is 0 Å². The Bertz CT molecular complexity index is 575. The second-order valence-corrected chi connectivity index (χ2v) is 8.09. The number of benzene rings is 1. The van der Waals surface area contributed by atoms with Gasteiger partial charge in [-0.2, -0.15) is 0 Å². The number of hydrogen-bond donors (Lipinski definition) is 1. The molecule has 0 saturated heterocycles. The fourth-order valence-corrected chi connectivity index (χ4v) is 2.84. The van der Waals surface area contributed by atoms with Gasteiger partial charge in [-0.15, -0.1) is 0 Å². The van der Waals surface area contributed by atoms with E-state index in [9.17, 15) is 4.79 Å².